The van der Waals surface area contributed by atoms with Gasteiger partial charge in [-0.15, -0.1) is 0 Å². The molecule has 64 valence electrons. The minimum absolute atomic E-state index is 0.872. The van der Waals surface area contributed by atoms with E-state index in [-0.39, 0.29) is 0 Å². The Bertz CT molecular complexity index is 301. The van der Waals surface area contributed by atoms with E-state index in [9.17, 15) is 0 Å². The van der Waals surface area contributed by atoms with Crippen LogP contribution in [0.2, 0.25) is 0 Å². The molecule has 0 aromatic carbocycles. The van der Waals surface area contributed by atoms with E-state index in [4.69, 9.17) is 4.52 Å². The second kappa shape index (κ2) is 3.11. The second-order valence-electron chi connectivity index (χ2n) is 3.02. The smallest absolute Gasteiger partial charge is 0.134 e. The van der Waals surface area contributed by atoms with Crippen molar-refractivity contribution < 1.29 is 4.52 Å². The second-order valence-corrected chi connectivity index (χ2v) is 3.02. The van der Waals surface area contributed by atoms with Gasteiger partial charge in [0.25, 0.3) is 0 Å². The number of hydrogen-bond acceptors (Lipinski definition) is 3. The fourth-order valence-electron chi connectivity index (χ4n) is 1.36. The van der Waals surface area contributed by atoms with Crippen LogP contribution in [0.15, 0.2) is 16.7 Å². The fourth-order valence-corrected chi connectivity index (χ4v) is 1.36. The van der Waals surface area contributed by atoms with E-state index in [2.05, 4.69) is 16.5 Å². The third-order valence-electron chi connectivity index (χ3n) is 1.98. The van der Waals surface area contributed by atoms with Crippen LogP contribution in [-0.4, -0.2) is 18.2 Å². The van der Waals surface area contributed by atoms with Crippen molar-refractivity contribution in [1.29, 1.82) is 0 Å². The van der Waals surface area contributed by atoms with Crippen molar-refractivity contribution in [3.8, 4) is 0 Å². The maximum atomic E-state index is 5.00. The highest BCUT2D eigenvalue weighted by atomic mass is 16.5. The van der Waals surface area contributed by atoms with Gasteiger partial charge in [-0.3, -0.25) is 0 Å². The quantitative estimate of drug-likeness (QED) is 0.681. The van der Waals surface area contributed by atoms with Crippen molar-refractivity contribution >= 4 is 5.57 Å². The lowest BCUT2D eigenvalue weighted by Gasteiger charge is -2.10. The summed E-state index contributed by atoms with van der Waals surface area (Å²) in [6.07, 6.45) is 3.30. The predicted octanol–water partition coefficient (Wildman–Crippen LogP) is 1.36. The summed E-state index contributed by atoms with van der Waals surface area (Å²) < 4.78 is 5.00. The summed E-state index contributed by atoms with van der Waals surface area (Å²) in [7, 11) is 0. The van der Waals surface area contributed by atoms with Gasteiger partial charge < -0.3 is 9.84 Å². The molecule has 12 heavy (non-hydrogen) atoms. The maximum Gasteiger partial charge on any atom is 0.134 e. The molecule has 1 N–H and O–H groups in total. The Labute approximate surface area is 71.4 Å². The third kappa shape index (κ3) is 1.41. The van der Waals surface area contributed by atoms with E-state index >= 15 is 0 Å². The molecular weight excluding hydrogens is 152 g/mol. The molecule has 1 aromatic rings. The van der Waals surface area contributed by atoms with Gasteiger partial charge >= 0.3 is 0 Å². The number of hydrogen-bond donors (Lipinski definition) is 1. The molecule has 3 nitrogen and oxygen atoms in total. The third-order valence-corrected chi connectivity index (χ3v) is 1.98. The van der Waals surface area contributed by atoms with Gasteiger partial charge in [-0.1, -0.05) is 11.2 Å². The molecule has 1 aliphatic heterocycles. The SMILES string of the molecule is Cc1cc(C2=CCCNC2)no1. The Morgan fingerprint density at radius 3 is 3.08 bits per heavy atom. The molecule has 2 rings (SSSR count). The Morgan fingerprint density at radius 2 is 2.50 bits per heavy atom. The first-order chi connectivity index (χ1) is 5.86. The summed E-state index contributed by atoms with van der Waals surface area (Å²) in [4.78, 5) is 0. The summed E-state index contributed by atoms with van der Waals surface area (Å²) in [6.45, 7) is 3.89. The van der Waals surface area contributed by atoms with Crippen molar-refractivity contribution in [1.82, 2.24) is 10.5 Å². The van der Waals surface area contributed by atoms with Crippen molar-refractivity contribution in [3.05, 3.63) is 23.6 Å². The Morgan fingerprint density at radius 1 is 1.58 bits per heavy atom. The average molecular weight is 164 g/mol. The zero-order chi connectivity index (χ0) is 8.39. The molecule has 0 spiro atoms. The molecule has 0 bridgehead atoms. The van der Waals surface area contributed by atoms with E-state index in [0.29, 0.717) is 0 Å². The van der Waals surface area contributed by atoms with Crippen LogP contribution in [0, 0.1) is 6.92 Å². The molecule has 1 aliphatic rings. The summed E-state index contributed by atoms with van der Waals surface area (Å²) >= 11 is 0. The topological polar surface area (TPSA) is 38.1 Å². The monoisotopic (exact) mass is 164 g/mol. The molecule has 2 heterocycles. The van der Waals surface area contributed by atoms with E-state index in [1.54, 1.807) is 0 Å². The maximum absolute atomic E-state index is 5.00. The van der Waals surface area contributed by atoms with Crippen LogP contribution in [0.3, 0.4) is 0 Å². The molecule has 0 radical (unpaired) electrons. The van der Waals surface area contributed by atoms with Crippen LogP contribution < -0.4 is 5.32 Å². The Kier molecular flexibility index (Phi) is 1.96. The summed E-state index contributed by atoms with van der Waals surface area (Å²) in [6, 6.07) is 1.97. The van der Waals surface area contributed by atoms with Crippen LogP contribution in [0.4, 0.5) is 0 Å². The van der Waals surface area contributed by atoms with Gasteiger partial charge in [0, 0.05) is 12.6 Å². The Balaban J connectivity index is 2.23. The molecule has 1 aromatic heterocycles. The van der Waals surface area contributed by atoms with Gasteiger partial charge in [0.1, 0.15) is 11.5 Å². The molecule has 0 saturated heterocycles. The first-order valence-electron chi connectivity index (χ1n) is 4.20. The van der Waals surface area contributed by atoms with Gasteiger partial charge in [-0.05, 0) is 25.5 Å². The Hall–Kier alpha value is -1.09. The molecule has 0 fully saturated rings. The molecule has 0 aliphatic carbocycles. The van der Waals surface area contributed by atoms with Gasteiger partial charge in [0.05, 0.1) is 0 Å². The fraction of sp³-hybridized carbons (Fsp3) is 0.444. The highest BCUT2D eigenvalue weighted by Crippen LogP contribution is 2.15. The summed E-state index contributed by atoms with van der Waals surface area (Å²) in [5.74, 6) is 0.872. The highest BCUT2D eigenvalue weighted by molar-refractivity contribution is 5.64. The first kappa shape index (κ1) is 7.55. The first-order valence-corrected chi connectivity index (χ1v) is 4.20. The van der Waals surface area contributed by atoms with E-state index in [1.165, 1.54) is 5.57 Å². The van der Waals surface area contributed by atoms with Gasteiger partial charge in [-0.25, -0.2) is 0 Å². The van der Waals surface area contributed by atoms with E-state index in [0.717, 1.165) is 31.0 Å². The number of nitrogens with zero attached hydrogens (tertiary/aromatic N) is 1. The summed E-state index contributed by atoms with van der Waals surface area (Å²) in [5.41, 5.74) is 2.22. The molecule has 0 atom stereocenters. The zero-order valence-corrected chi connectivity index (χ0v) is 7.13. The van der Waals surface area contributed by atoms with Crippen LogP contribution in [-0.2, 0) is 0 Å². The number of nitrogens with one attached hydrogen (secondary N) is 1. The standard InChI is InChI=1S/C9H12N2O/c1-7-5-9(11-12-7)8-3-2-4-10-6-8/h3,5,10H,2,4,6H2,1H3. The molecule has 0 amide bonds. The normalized spacial score (nSPS) is 17.6. The van der Waals surface area contributed by atoms with Crippen molar-refractivity contribution in [2.75, 3.05) is 13.1 Å². The average Bonchev–Trinajstić information content (AvgIpc) is 2.54. The van der Waals surface area contributed by atoms with Crippen molar-refractivity contribution in [3.63, 3.8) is 0 Å². The number of aryl methyl sites for hydroxylation is 1. The molecule has 3 heteroatoms. The van der Waals surface area contributed by atoms with Crippen LogP contribution in [0.1, 0.15) is 17.9 Å². The van der Waals surface area contributed by atoms with Crippen LogP contribution in [0.5, 0.6) is 0 Å². The number of rotatable bonds is 1. The molecule has 0 unspecified atom stereocenters. The van der Waals surface area contributed by atoms with E-state index in [1.807, 2.05) is 13.0 Å². The van der Waals surface area contributed by atoms with Gasteiger partial charge in [0.2, 0.25) is 0 Å². The van der Waals surface area contributed by atoms with Gasteiger partial charge in [-0.2, -0.15) is 0 Å². The van der Waals surface area contributed by atoms with Crippen LogP contribution in [0.25, 0.3) is 5.57 Å². The molecular formula is C9H12N2O. The lowest BCUT2D eigenvalue weighted by atomic mass is 10.1. The number of aromatic nitrogens is 1. The molecule has 0 saturated carbocycles. The zero-order valence-electron chi connectivity index (χ0n) is 7.13. The lowest BCUT2D eigenvalue weighted by Crippen LogP contribution is -2.21. The minimum Gasteiger partial charge on any atom is -0.361 e. The summed E-state index contributed by atoms with van der Waals surface area (Å²) in [5, 5.41) is 7.25. The van der Waals surface area contributed by atoms with Gasteiger partial charge in [0.15, 0.2) is 0 Å². The predicted molar refractivity (Wildman–Crippen MR) is 46.7 cm³/mol. The minimum atomic E-state index is 0.872. The van der Waals surface area contributed by atoms with Crippen molar-refractivity contribution in [2.24, 2.45) is 0 Å². The highest BCUT2D eigenvalue weighted by Gasteiger charge is 2.08. The largest absolute Gasteiger partial charge is 0.361 e. The lowest BCUT2D eigenvalue weighted by molar-refractivity contribution is 0.395. The van der Waals surface area contributed by atoms with Crippen LogP contribution >= 0.6 is 0 Å². The van der Waals surface area contributed by atoms with E-state index < -0.39 is 0 Å². The van der Waals surface area contributed by atoms with Crippen molar-refractivity contribution in [2.45, 2.75) is 13.3 Å².